The van der Waals surface area contributed by atoms with E-state index < -0.39 is 0 Å². The lowest BCUT2D eigenvalue weighted by Crippen LogP contribution is -2.48. The molecule has 1 saturated heterocycles. The molecule has 2 aliphatic heterocycles. The minimum Gasteiger partial charge on any atom is -0.340 e. The average Bonchev–Trinajstić information content (AvgIpc) is 3.12. The molecule has 0 bridgehead atoms. The monoisotopic (exact) mass is 412 g/mol. The number of fused-ring (bicyclic) bond motifs is 1. The summed E-state index contributed by atoms with van der Waals surface area (Å²) >= 11 is 1.58. The number of piperazine rings is 1. The van der Waals surface area contributed by atoms with Crippen LogP contribution < -0.4 is 5.56 Å². The summed E-state index contributed by atoms with van der Waals surface area (Å²) < 4.78 is 1.72. The second-order valence-electron chi connectivity index (χ2n) is 8.14. The van der Waals surface area contributed by atoms with Crippen molar-refractivity contribution in [2.45, 2.75) is 43.9 Å². The highest BCUT2D eigenvalue weighted by Crippen LogP contribution is 2.33. The van der Waals surface area contributed by atoms with Gasteiger partial charge in [-0.15, -0.1) is 0 Å². The Morgan fingerprint density at radius 1 is 1.17 bits per heavy atom. The predicted molar refractivity (Wildman–Crippen MR) is 115 cm³/mol. The molecule has 0 N–H and O–H groups in total. The third-order valence-electron chi connectivity index (χ3n) is 5.69. The van der Waals surface area contributed by atoms with Crippen LogP contribution in [0, 0.1) is 0 Å². The molecule has 3 heterocycles. The van der Waals surface area contributed by atoms with Crippen molar-refractivity contribution < 1.29 is 4.79 Å². The first-order valence-corrected chi connectivity index (χ1v) is 11.3. The lowest BCUT2D eigenvalue weighted by atomic mass is 10.1. The smallest absolute Gasteiger partial charge is 0.254 e. The number of carbonyl (C=O) groups excluding carboxylic acids is 1. The summed E-state index contributed by atoms with van der Waals surface area (Å²) in [5, 5.41) is 0.756. The standard InChI is InChI=1S/C22H28N4O2S/c1-16(2)19-13-21(28)26-18(15-29-22(26)23-19)12-20(27)25-10-8-24(9-11-25)14-17-6-4-3-5-7-17/h3-7,13,16,18H,8-12,14-15H2,1-2H3/t18-/m1/s1. The third-order valence-corrected chi connectivity index (χ3v) is 6.78. The molecule has 1 amide bonds. The lowest BCUT2D eigenvalue weighted by Gasteiger charge is -2.35. The van der Waals surface area contributed by atoms with Crippen molar-refractivity contribution in [2.24, 2.45) is 0 Å². The van der Waals surface area contributed by atoms with Crippen LogP contribution in [0.1, 0.15) is 43.5 Å². The van der Waals surface area contributed by atoms with Crippen LogP contribution in [0.2, 0.25) is 0 Å². The molecule has 0 radical (unpaired) electrons. The van der Waals surface area contributed by atoms with Crippen molar-refractivity contribution >= 4 is 17.7 Å². The van der Waals surface area contributed by atoms with Crippen molar-refractivity contribution in [3.63, 3.8) is 0 Å². The molecule has 2 aliphatic rings. The SMILES string of the molecule is CC(C)c1cc(=O)n2c(n1)SC[C@H]2CC(=O)N1CCN(Cc2ccccc2)CC1. The minimum absolute atomic E-state index is 0.0332. The second-order valence-corrected chi connectivity index (χ2v) is 9.13. The first-order chi connectivity index (χ1) is 14.0. The number of amides is 1. The topological polar surface area (TPSA) is 58.4 Å². The van der Waals surface area contributed by atoms with E-state index in [9.17, 15) is 9.59 Å². The fourth-order valence-electron chi connectivity index (χ4n) is 3.94. The van der Waals surface area contributed by atoms with Crippen LogP contribution in [0.4, 0.5) is 0 Å². The minimum atomic E-state index is -0.0916. The first-order valence-electron chi connectivity index (χ1n) is 10.3. The number of hydrogen-bond acceptors (Lipinski definition) is 5. The molecule has 6 nitrogen and oxygen atoms in total. The number of nitrogens with zero attached hydrogens (tertiary/aromatic N) is 4. The molecule has 4 rings (SSSR count). The van der Waals surface area contributed by atoms with E-state index >= 15 is 0 Å². The van der Waals surface area contributed by atoms with Gasteiger partial charge in [0, 0.05) is 51.0 Å². The van der Waals surface area contributed by atoms with Gasteiger partial charge in [-0.25, -0.2) is 4.98 Å². The van der Waals surface area contributed by atoms with Gasteiger partial charge in [0.2, 0.25) is 5.91 Å². The van der Waals surface area contributed by atoms with E-state index in [1.807, 2.05) is 24.8 Å². The predicted octanol–water partition coefficient (Wildman–Crippen LogP) is 2.75. The maximum absolute atomic E-state index is 12.9. The fraction of sp³-hybridized carbons (Fsp3) is 0.500. The van der Waals surface area contributed by atoms with Gasteiger partial charge in [0.1, 0.15) is 0 Å². The highest BCUT2D eigenvalue weighted by atomic mass is 32.2. The van der Waals surface area contributed by atoms with Crippen LogP contribution in [-0.2, 0) is 11.3 Å². The molecule has 1 atom stereocenters. The Balaban J connectivity index is 1.34. The van der Waals surface area contributed by atoms with E-state index in [1.165, 1.54) is 5.56 Å². The molecule has 0 saturated carbocycles. The van der Waals surface area contributed by atoms with E-state index in [1.54, 1.807) is 22.4 Å². The number of aromatic nitrogens is 2. The second kappa shape index (κ2) is 8.71. The summed E-state index contributed by atoms with van der Waals surface area (Å²) in [7, 11) is 0. The van der Waals surface area contributed by atoms with E-state index in [4.69, 9.17) is 0 Å². The van der Waals surface area contributed by atoms with Gasteiger partial charge < -0.3 is 4.90 Å². The van der Waals surface area contributed by atoms with Crippen LogP contribution in [0.25, 0.3) is 0 Å². The summed E-state index contributed by atoms with van der Waals surface area (Å²) in [4.78, 5) is 34.4. The maximum Gasteiger partial charge on any atom is 0.254 e. The summed E-state index contributed by atoms with van der Waals surface area (Å²) in [6.07, 6.45) is 0.376. The molecular weight excluding hydrogens is 384 g/mol. The normalized spacial score (nSPS) is 19.6. The number of rotatable bonds is 5. The molecule has 0 spiro atoms. The van der Waals surface area contributed by atoms with Gasteiger partial charge in [0.15, 0.2) is 5.16 Å². The molecule has 1 fully saturated rings. The van der Waals surface area contributed by atoms with Crippen molar-refractivity contribution in [3.8, 4) is 0 Å². The van der Waals surface area contributed by atoms with Crippen LogP contribution in [0.5, 0.6) is 0 Å². The van der Waals surface area contributed by atoms with Gasteiger partial charge in [-0.3, -0.25) is 19.1 Å². The number of benzene rings is 1. The average molecular weight is 413 g/mol. The maximum atomic E-state index is 12.9. The van der Waals surface area contributed by atoms with E-state index in [0.29, 0.717) is 6.42 Å². The number of hydrogen-bond donors (Lipinski definition) is 0. The van der Waals surface area contributed by atoms with Crippen LogP contribution in [0.15, 0.2) is 46.3 Å². The Morgan fingerprint density at radius 3 is 2.59 bits per heavy atom. The number of carbonyl (C=O) groups is 1. The van der Waals surface area contributed by atoms with Crippen LogP contribution in [-0.4, -0.2) is 57.2 Å². The van der Waals surface area contributed by atoms with Gasteiger partial charge in [-0.1, -0.05) is 55.9 Å². The Kier molecular flexibility index (Phi) is 6.06. The zero-order valence-corrected chi connectivity index (χ0v) is 17.9. The quantitative estimate of drug-likeness (QED) is 0.707. The summed E-state index contributed by atoms with van der Waals surface area (Å²) in [5.41, 5.74) is 2.10. The molecule has 1 aromatic carbocycles. The van der Waals surface area contributed by atoms with Gasteiger partial charge in [0.05, 0.1) is 11.7 Å². The molecule has 7 heteroatoms. The summed E-state index contributed by atoms with van der Waals surface area (Å²) in [5.74, 6) is 1.11. The van der Waals surface area contributed by atoms with Gasteiger partial charge in [-0.2, -0.15) is 0 Å². The van der Waals surface area contributed by atoms with Gasteiger partial charge in [0.25, 0.3) is 5.56 Å². The lowest BCUT2D eigenvalue weighted by molar-refractivity contribution is -0.133. The summed E-state index contributed by atoms with van der Waals surface area (Å²) in [6, 6.07) is 12.0. The van der Waals surface area contributed by atoms with Crippen molar-refractivity contribution in [3.05, 3.63) is 58.0 Å². The zero-order chi connectivity index (χ0) is 20.4. The van der Waals surface area contributed by atoms with Gasteiger partial charge >= 0.3 is 0 Å². The third kappa shape index (κ3) is 4.56. The Hall–Kier alpha value is -2.12. The first kappa shape index (κ1) is 20.2. The number of thioether (sulfide) groups is 1. The molecule has 29 heavy (non-hydrogen) atoms. The Bertz CT molecular complexity index is 920. The van der Waals surface area contributed by atoms with Crippen molar-refractivity contribution in [1.29, 1.82) is 0 Å². The molecular formula is C22H28N4O2S. The van der Waals surface area contributed by atoms with Crippen LogP contribution >= 0.6 is 11.8 Å². The fourth-order valence-corrected chi connectivity index (χ4v) is 5.10. The summed E-state index contributed by atoms with van der Waals surface area (Å²) in [6.45, 7) is 8.27. The molecule has 0 unspecified atom stereocenters. The van der Waals surface area contributed by atoms with E-state index in [0.717, 1.165) is 49.3 Å². The van der Waals surface area contributed by atoms with E-state index in [-0.39, 0.29) is 23.4 Å². The molecule has 154 valence electrons. The largest absolute Gasteiger partial charge is 0.340 e. The van der Waals surface area contributed by atoms with Gasteiger partial charge in [-0.05, 0) is 11.5 Å². The van der Waals surface area contributed by atoms with Crippen molar-refractivity contribution in [2.75, 3.05) is 31.9 Å². The van der Waals surface area contributed by atoms with Crippen molar-refractivity contribution in [1.82, 2.24) is 19.4 Å². The highest BCUT2D eigenvalue weighted by Gasteiger charge is 2.30. The van der Waals surface area contributed by atoms with Crippen LogP contribution in [0.3, 0.4) is 0 Å². The Labute approximate surface area is 175 Å². The Morgan fingerprint density at radius 2 is 1.90 bits per heavy atom. The van der Waals surface area contributed by atoms with E-state index in [2.05, 4.69) is 34.1 Å². The highest BCUT2D eigenvalue weighted by molar-refractivity contribution is 7.99. The molecule has 0 aliphatic carbocycles. The molecule has 2 aromatic rings. The zero-order valence-electron chi connectivity index (χ0n) is 17.1. The molecule has 1 aromatic heterocycles.